The van der Waals surface area contributed by atoms with Gasteiger partial charge in [-0.05, 0) is 89.1 Å². The number of allylic oxidation sites excluding steroid dienone is 2. The lowest BCUT2D eigenvalue weighted by atomic mass is 9.89. The maximum atomic E-state index is 13.1. The quantitative estimate of drug-likeness (QED) is 0.0859. The van der Waals surface area contributed by atoms with Gasteiger partial charge in [0.2, 0.25) is 6.29 Å². The Morgan fingerprint density at radius 3 is 2.51 bits per heavy atom. The molecule has 0 spiro atoms. The first-order valence-corrected chi connectivity index (χ1v) is 15.7. The number of aryl methyl sites for hydroxylation is 1. The first kappa shape index (κ1) is 35.5. The Morgan fingerprint density at radius 1 is 1.12 bits per heavy atom. The summed E-state index contributed by atoms with van der Waals surface area (Å²) < 4.78 is 28.6. The number of benzene rings is 2. The molecule has 3 heterocycles. The number of H-pyrrole nitrogens is 1. The predicted molar refractivity (Wildman–Crippen MR) is 179 cm³/mol. The lowest BCUT2D eigenvalue weighted by Gasteiger charge is -2.47. The lowest BCUT2D eigenvalue weighted by molar-refractivity contribution is -0.305. The van der Waals surface area contributed by atoms with Gasteiger partial charge in [0.25, 0.3) is 5.91 Å². The van der Waals surface area contributed by atoms with Crippen LogP contribution in [0.3, 0.4) is 0 Å². The second kappa shape index (κ2) is 14.0. The number of amides is 1. The summed E-state index contributed by atoms with van der Waals surface area (Å²) in [5, 5.41) is 34.6. The minimum absolute atomic E-state index is 0.00573. The third-order valence-corrected chi connectivity index (χ3v) is 8.43. The fourth-order valence-electron chi connectivity index (χ4n) is 5.53. The van der Waals surface area contributed by atoms with Crippen molar-refractivity contribution in [2.75, 3.05) is 12.4 Å². The van der Waals surface area contributed by atoms with Crippen molar-refractivity contribution in [2.24, 2.45) is 0 Å². The Balaban J connectivity index is 1.40. The SMILES string of the molecule is CO[C@H]1[C@H](OC(=O)c2ccc(C)[nH]2)[C@@H](O)[C@H](Oc2ccc3c(O)c(NC(=O)c4ccc(O)c(CC=C(C)C)c4)c(=O)oc3c2Cl)OC1(C)C. The van der Waals surface area contributed by atoms with Crippen molar-refractivity contribution in [3.63, 3.8) is 0 Å². The molecular weight excluding hydrogens is 660 g/mol. The highest BCUT2D eigenvalue weighted by Crippen LogP contribution is 2.41. The second-order valence-electron chi connectivity index (χ2n) is 12.4. The van der Waals surface area contributed by atoms with Gasteiger partial charge in [0.15, 0.2) is 29.2 Å². The highest BCUT2D eigenvalue weighted by atomic mass is 35.5. The number of phenolic OH excluding ortho intramolecular Hbond substituents is 1. The van der Waals surface area contributed by atoms with Crippen molar-refractivity contribution in [2.45, 2.75) is 71.2 Å². The zero-order valence-corrected chi connectivity index (χ0v) is 28.4. The molecule has 0 aliphatic carbocycles. The summed E-state index contributed by atoms with van der Waals surface area (Å²) in [7, 11) is 1.39. The average Bonchev–Trinajstić information content (AvgIpc) is 3.48. The van der Waals surface area contributed by atoms with Crippen LogP contribution in [0.4, 0.5) is 5.69 Å². The molecule has 4 atom stereocenters. The number of anilines is 1. The molecule has 14 heteroatoms. The van der Waals surface area contributed by atoms with E-state index < -0.39 is 59.1 Å². The van der Waals surface area contributed by atoms with E-state index in [2.05, 4.69) is 10.3 Å². The molecule has 1 amide bonds. The highest BCUT2D eigenvalue weighted by Gasteiger charge is 2.53. The van der Waals surface area contributed by atoms with Gasteiger partial charge < -0.3 is 49.0 Å². The van der Waals surface area contributed by atoms with E-state index in [9.17, 15) is 29.7 Å². The number of hydrogen-bond acceptors (Lipinski definition) is 11. The van der Waals surface area contributed by atoms with E-state index >= 15 is 0 Å². The smallest absolute Gasteiger partial charge is 0.364 e. The zero-order chi connectivity index (χ0) is 35.8. The summed E-state index contributed by atoms with van der Waals surface area (Å²) in [6, 6.07) is 10.2. The molecule has 2 aromatic carbocycles. The maximum absolute atomic E-state index is 13.1. The van der Waals surface area contributed by atoms with E-state index in [1.165, 1.54) is 37.4 Å². The number of ether oxygens (including phenoxy) is 4. The topological polar surface area (TPSA) is 190 Å². The normalized spacial score (nSPS) is 20.1. The number of carbonyl (C=O) groups excluding carboxylic acids is 2. The monoisotopic (exact) mass is 696 g/mol. The van der Waals surface area contributed by atoms with Gasteiger partial charge in [-0.2, -0.15) is 0 Å². The number of aromatic amines is 1. The van der Waals surface area contributed by atoms with E-state index in [-0.39, 0.29) is 38.7 Å². The molecule has 0 unspecified atom stereocenters. The average molecular weight is 697 g/mol. The number of methoxy groups -OCH3 is 1. The van der Waals surface area contributed by atoms with Crippen LogP contribution < -0.4 is 15.7 Å². The highest BCUT2D eigenvalue weighted by molar-refractivity contribution is 6.36. The van der Waals surface area contributed by atoms with Crippen LogP contribution >= 0.6 is 11.6 Å². The molecule has 5 N–H and O–H groups in total. The van der Waals surface area contributed by atoms with Crippen molar-refractivity contribution in [3.05, 3.63) is 92.1 Å². The fourth-order valence-corrected chi connectivity index (χ4v) is 5.78. The van der Waals surface area contributed by atoms with Crippen LogP contribution in [-0.4, -0.2) is 69.5 Å². The van der Waals surface area contributed by atoms with Crippen LogP contribution in [-0.2, 0) is 20.6 Å². The number of nitrogens with one attached hydrogen (secondary N) is 2. The minimum Gasteiger partial charge on any atom is -0.508 e. The summed E-state index contributed by atoms with van der Waals surface area (Å²) in [6.07, 6.45) is -2.87. The molecule has 13 nitrogen and oxygen atoms in total. The van der Waals surface area contributed by atoms with E-state index in [1.54, 1.807) is 32.9 Å². The molecule has 1 saturated heterocycles. The number of esters is 1. The molecule has 5 rings (SSSR count). The van der Waals surface area contributed by atoms with Crippen molar-refractivity contribution in [3.8, 4) is 17.2 Å². The summed E-state index contributed by atoms with van der Waals surface area (Å²) in [4.78, 5) is 41.9. The van der Waals surface area contributed by atoms with E-state index in [0.29, 0.717) is 12.0 Å². The van der Waals surface area contributed by atoms with E-state index in [1.807, 2.05) is 19.9 Å². The van der Waals surface area contributed by atoms with Crippen molar-refractivity contribution in [1.29, 1.82) is 0 Å². The lowest BCUT2D eigenvalue weighted by Crippen LogP contribution is -2.65. The summed E-state index contributed by atoms with van der Waals surface area (Å²) in [5.74, 6) is -2.16. The molecule has 4 aromatic rings. The molecule has 1 fully saturated rings. The maximum Gasteiger partial charge on any atom is 0.364 e. The molecule has 0 radical (unpaired) electrons. The standard InChI is InChI=1S/C35H37ClN2O11/c1-16(2)7-9-18-15-19(10-13-22(18)39)31(42)38-25-26(40)20-11-14-23(24(36)28(20)47-33(25)44)46-34-27(41)29(30(45-6)35(4,5)49-34)48-32(43)21-12-8-17(3)37-21/h7-8,10-15,27,29-30,34,37,39-41H,9H2,1-6H3,(H,38,42)/t27-,29-,30+,34-/m1/s1. The molecule has 0 saturated carbocycles. The van der Waals surface area contributed by atoms with Crippen LogP contribution in [0.1, 0.15) is 59.8 Å². The number of halogens is 1. The number of aliphatic hydroxyl groups excluding tert-OH is 1. The molecule has 49 heavy (non-hydrogen) atoms. The first-order valence-electron chi connectivity index (χ1n) is 15.3. The van der Waals surface area contributed by atoms with Crippen LogP contribution in [0.15, 0.2) is 63.3 Å². The molecule has 1 aliphatic rings. The summed E-state index contributed by atoms with van der Waals surface area (Å²) >= 11 is 6.58. The number of rotatable bonds is 9. The fraction of sp³-hybridized carbons (Fsp3) is 0.343. The van der Waals surface area contributed by atoms with Gasteiger partial charge in [-0.3, -0.25) is 4.79 Å². The van der Waals surface area contributed by atoms with Crippen molar-refractivity contribution < 1.29 is 48.3 Å². The first-order chi connectivity index (χ1) is 23.1. The number of hydrogen-bond donors (Lipinski definition) is 5. The van der Waals surface area contributed by atoms with E-state index in [4.69, 9.17) is 35.0 Å². The Labute approximate surface area is 286 Å². The van der Waals surface area contributed by atoms with Crippen molar-refractivity contribution in [1.82, 2.24) is 4.98 Å². The summed E-state index contributed by atoms with van der Waals surface area (Å²) in [5.41, 5.74) is -0.464. The molecule has 1 aliphatic heterocycles. The number of aliphatic hydroxyl groups is 1. The van der Waals surface area contributed by atoms with Gasteiger partial charge >= 0.3 is 11.6 Å². The van der Waals surface area contributed by atoms with Gasteiger partial charge in [0, 0.05) is 18.4 Å². The van der Waals surface area contributed by atoms with Crippen LogP contribution in [0, 0.1) is 6.92 Å². The molecule has 260 valence electrons. The molecular formula is C35H37ClN2O11. The number of phenols is 1. The van der Waals surface area contributed by atoms with Crippen molar-refractivity contribution >= 4 is 40.1 Å². The third-order valence-electron chi connectivity index (χ3n) is 8.07. The van der Waals surface area contributed by atoms with Gasteiger partial charge in [-0.25, -0.2) is 9.59 Å². The minimum atomic E-state index is -1.56. The van der Waals surface area contributed by atoms with Gasteiger partial charge in [0.05, 0.1) is 11.0 Å². The van der Waals surface area contributed by atoms with Crippen LogP contribution in [0.2, 0.25) is 5.02 Å². The zero-order valence-electron chi connectivity index (χ0n) is 27.6. The third kappa shape index (κ3) is 7.30. The number of aromatic nitrogens is 1. The second-order valence-corrected chi connectivity index (χ2v) is 12.8. The molecule has 0 bridgehead atoms. The van der Waals surface area contributed by atoms with Gasteiger partial charge in [0.1, 0.15) is 28.3 Å². The van der Waals surface area contributed by atoms with Crippen LogP contribution in [0.5, 0.6) is 17.2 Å². The number of fused-ring (bicyclic) bond motifs is 1. The Morgan fingerprint density at radius 2 is 1.86 bits per heavy atom. The number of carbonyl (C=O) groups is 2. The Bertz CT molecular complexity index is 1990. The Hall–Kier alpha value is -4.82. The van der Waals surface area contributed by atoms with E-state index in [0.717, 1.165) is 11.3 Å². The summed E-state index contributed by atoms with van der Waals surface area (Å²) in [6.45, 7) is 8.92. The molecule has 2 aromatic heterocycles. The largest absolute Gasteiger partial charge is 0.508 e. The predicted octanol–water partition coefficient (Wildman–Crippen LogP) is 5.37. The van der Waals surface area contributed by atoms with Gasteiger partial charge in [-0.1, -0.05) is 23.3 Å². The number of aromatic hydroxyl groups is 2. The van der Waals surface area contributed by atoms with Crippen LogP contribution in [0.25, 0.3) is 11.0 Å². The van der Waals surface area contributed by atoms with Gasteiger partial charge in [-0.15, -0.1) is 0 Å². The Kier molecular flexibility index (Phi) is 10.1.